The maximum Gasteiger partial charge on any atom is 0.305 e. The lowest BCUT2D eigenvalue weighted by atomic mass is 10.1. The topological polar surface area (TPSA) is 78.9 Å². The van der Waals surface area contributed by atoms with E-state index >= 15 is 0 Å². The van der Waals surface area contributed by atoms with Crippen molar-refractivity contribution in [1.29, 1.82) is 0 Å². The smallest absolute Gasteiger partial charge is 0.305 e. The van der Waals surface area contributed by atoms with E-state index in [1.807, 2.05) is 0 Å². The van der Waals surface area contributed by atoms with Gasteiger partial charge >= 0.3 is 17.9 Å². The zero-order valence-corrected chi connectivity index (χ0v) is 13.1. The molecule has 120 valence electrons. The lowest BCUT2D eigenvalue weighted by Crippen LogP contribution is -2.21. The van der Waals surface area contributed by atoms with E-state index in [1.165, 1.54) is 26.8 Å². The fraction of sp³-hybridized carbons (Fsp3) is 0.667. The molecule has 0 rings (SSSR count). The second-order valence-corrected chi connectivity index (χ2v) is 4.62. The Kier molecular flexibility index (Phi) is 9.92. The van der Waals surface area contributed by atoms with E-state index in [4.69, 9.17) is 14.2 Å². The Morgan fingerprint density at radius 1 is 0.857 bits per heavy atom. The summed E-state index contributed by atoms with van der Waals surface area (Å²) in [5.41, 5.74) is 0. The second-order valence-electron chi connectivity index (χ2n) is 4.62. The monoisotopic (exact) mass is 300 g/mol. The Labute approximate surface area is 125 Å². The van der Waals surface area contributed by atoms with E-state index in [0.29, 0.717) is 6.42 Å². The van der Waals surface area contributed by atoms with Crippen molar-refractivity contribution < 1.29 is 28.6 Å². The fourth-order valence-electron chi connectivity index (χ4n) is 1.65. The van der Waals surface area contributed by atoms with Crippen LogP contribution < -0.4 is 0 Å². The van der Waals surface area contributed by atoms with Crippen LogP contribution in [0.4, 0.5) is 0 Å². The minimum absolute atomic E-state index is 0.391. The molecule has 0 aromatic heterocycles. The molecule has 0 fully saturated rings. The van der Waals surface area contributed by atoms with Crippen molar-refractivity contribution in [1.82, 2.24) is 0 Å². The summed E-state index contributed by atoms with van der Waals surface area (Å²) < 4.78 is 14.8. The molecule has 0 saturated heterocycles. The molecule has 0 bridgehead atoms. The second kappa shape index (κ2) is 10.9. The first-order valence-corrected chi connectivity index (χ1v) is 7.05. The maximum absolute atomic E-state index is 11.1. The third kappa shape index (κ3) is 11.7. The van der Waals surface area contributed by atoms with Crippen molar-refractivity contribution in [3.8, 4) is 0 Å². The molecule has 0 aromatic carbocycles. The highest BCUT2D eigenvalue weighted by Gasteiger charge is 2.14. The maximum atomic E-state index is 11.1. The predicted octanol–water partition coefficient (Wildman–Crippen LogP) is 2.51. The van der Waals surface area contributed by atoms with Gasteiger partial charge in [-0.15, -0.1) is 0 Å². The number of carbonyl (C=O) groups is 3. The largest absolute Gasteiger partial charge is 0.458 e. The molecule has 0 aromatic rings. The van der Waals surface area contributed by atoms with Gasteiger partial charge < -0.3 is 14.2 Å². The van der Waals surface area contributed by atoms with Crippen LogP contribution in [0.3, 0.4) is 0 Å². The first kappa shape index (κ1) is 19.1. The average molecular weight is 300 g/mol. The first-order valence-electron chi connectivity index (χ1n) is 7.05. The Hall–Kier alpha value is -1.85. The molecule has 0 spiro atoms. The third-order valence-corrected chi connectivity index (χ3v) is 2.46. The summed E-state index contributed by atoms with van der Waals surface area (Å²) in [5.74, 6) is -1.53. The van der Waals surface area contributed by atoms with Gasteiger partial charge in [0.2, 0.25) is 0 Å². The summed E-state index contributed by atoms with van der Waals surface area (Å²) in [4.78, 5) is 32.9. The summed E-state index contributed by atoms with van der Waals surface area (Å²) in [6.45, 7) is 5.84. The van der Waals surface area contributed by atoms with Crippen LogP contribution >= 0.6 is 0 Å². The summed E-state index contributed by atoms with van der Waals surface area (Å²) in [6.07, 6.45) is 5.10. The van der Waals surface area contributed by atoms with Crippen LogP contribution in [-0.2, 0) is 28.6 Å². The Morgan fingerprint density at radius 2 is 1.38 bits per heavy atom. The van der Waals surface area contributed by atoms with Gasteiger partial charge in [0.15, 0.2) is 0 Å². The van der Waals surface area contributed by atoms with Gasteiger partial charge in [-0.05, 0) is 25.0 Å². The van der Waals surface area contributed by atoms with Gasteiger partial charge in [-0.1, -0.05) is 19.8 Å². The molecule has 1 unspecified atom stereocenters. The number of rotatable bonds is 9. The molecule has 0 aliphatic rings. The predicted molar refractivity (Wildman–Crippen MR) is 76.2 cm³/mol. The van der Waals surface area contributed by atoms with Crippen LogP contribution in [0, 0.1) is 0 Å². The molecule has 0 heterocycles. The molecule has 1 atom stereocenters. The summed E-state index contributed by atoms with van der Waals surface area (Å²) in [7, 11) is 0. The molecule has 0 aliphatic heterocycles. The third-order valence-electron chi connectivity index (χ3n) is 2.46. The first-order chi connectivity index (χ1) is 9.85. The summed E-state index contributed by atoms with van der Waals surface area (Å²) >= 11 is 0. The van der Waals surface area contributed by atoms with E-state index in [1.54, 1.807) is 6.08 Å². The van der Waals surface area contributed by atoms with Gasteiger partial charge in [-0.2, -0.15) is 0 Å². The molecule has 0 amide bonds. The van der Waals surface area contributed by atoms with Crippen LogP contribution in [0.1, 0.15) is 53.4 Å². The van der Waals surface area contributed by atoms with E-state index < -0.39 is 30.3 Å². The number of hydrogen-bond donors (Lipinski definition) is 0. The van der Waals surface area contributed by atoms with Gasteiger partial charge in [-0.25, -0.2) is 0 Å². The summed E-state index contributed by atoms with van der Waals surface area (Å²) in [5, 5.41) is 0. The van der Waals surface area contributed by atoms with E-state index in [9.17, 15) is 14.4 Å². The Bertz CT molecular complexity index is 358. The van der Waals surface area contributed by atoms with Gasteiger partial charge in [0.05, 0.1) is 0 Å². The minimum atomic E-state index is -1.11. The molecule has 0 radical (unpaired) electrons. The van der Waals surface area contributed by atoms with Crippen LogP contribution in [0.2, 0.25) is 0 Å². The molecule has 6 heteroatoms. The fourth-order valence-corrected chi connectivity index (χ4v) is 1.65. The highest BCUT2D eigenvalue weighted by molar-refractivity contribution is 5.68. The Morgan fingerprint density at radius 3 is 1.81 bits per heavy atom. The van der Waals surface area contributed by atoms with E-state index in [0.717, 1.165) is 19.3 Å². The van der Waals surface area contributed by atoms with Crippen molar-refractivity contribution in [2.45, 2.75) is 65.8 Å². The van der Waals surface area contributed by atoms with Crippen molar-refractivity contribution in [2.24, 2.45) is 0 Å². The highest BCUT2D eigenvalue weighted by Crippen LogP contribution is 2.10. The zero-order valence-electron chi connectivity index (χ0n) is 13.1. The molecule has 0 aliphatic carbocycles. The molecular weight excluding hydrogens is 276 g/mol. The standard InChI is InChI=1S/C15H24O6/c1-5-6-7-8-14(19-11(2)16)9-10-15(20-12(3)17)21-13(4)18/h9-10,14-15H,5-8H2,1-4H3. The van der Waals surface area contributed by atoms with Crippen molar-refractivity contribution >= 4 is 17.9 Å². The van der Waals surface area contributed by atoms with Gasteiger partial charge in [0.1, 0.15) is 6.10 Å². The van der Waals surface area contributed by atoms with Crippen LogP contribution in [-0.4, -0.2) is 30.3 Å². The quantitative estimate of drug-likeness (QED) is 0.282. The normalized spacial score (nSPS) is 12.2. The van der Waals surface area contributed by atoms with Gasteiger partial charge in [0.25, 0.3) is 6.29 Å². The lowest BCUT2D eigenvalue weighted by molar-refractivity contribution is -0.176. The minimum Gasteiger partial charge on any atom is -0.458 e. The molecule has 0 N–H and O–H groups in total. The Balaban J connectivity index is 4.66. The van der Waals surface area contributed by atoms with Crippen LogP contribution in [0.15, 0.2) is 12.2 Å². The van der Waals surface area contributed by atoms with Crippen molar-refractivity contribution in [3.05, 3.63) is 12.2 Å². The van der Waals surface area contributed by atoms with Crippen molar-refractivity contribution in [2.75, 3.05) is 0 Å². The van der Waals surface area contributed by atoms with Crippen molar-refractivity contribution in [3.63, 3.8) is 0 Å². The lowest BCUT2D eigenvalue weighted by Gasteiger charge is -2.16. The number of unbranched alkanes of at least 4 members (excludes halogenated alkanes) is 2. The average Bonchev–Trinajstić information content (AvgIpc) is 2.33. The number of hydrogen-bond acceptors (Lipinski definition) is 6. The SMILES string of the molecule is CCCCCC(C=CC(OC(C)=O)OC(C)=O)OC(C)=O. The molecule has 6 nitrogen and oxygen atoms in total. The van der Waals surface area contributed by atoms with E-state index in [-0.39, 0.29) is 0 Å². The van der Waals surface area contributed by atoms with Crippen LogP contribution in [0.5, 0.6) is 0 Å². The van der Waals surface area contributed by atoms with E-state index in [2.05, 4.69) is 6.92 Å². The van der Waals surface area contributed by atoms with Gasteiger partial charge in [0, 0.05) is 20.8 Å². The summed E-state index contributed by atoms with van der Waals surface area (Å²) in [6, 6.07) is 0. The number of ether oxygens (including phenoxy) is 3. The zero-order chi connectivity index (χ0) is 16.3. The van der Waals surface area contributed by atoms with Crippen LogP contribution in [0.25, 0.3) is 0 Å². The molecule has 0 saturated carbocycles. The molecular formula is C15H24O6. The molecule has 21 heavy (non-hydrogen) atoms. The highest BCUT2D eigenvalue weighted by atomic mass is 16.7. The van der Waals surface area contributed by atoms with Gasteiger partial charge in [-0.3, -0.25) is 14.4 Å². The number of esters is 3. The number of carbonyl (C=O) groups excluding carboxylic acids is 3.